The molecule has 138 valence electrons. The molecular formula is C21H28N4O. The molecule has 1 unspecified atom stereocenters. The van der Waals surface area contributed by atoms with Crippen molar-refractivity contribution in [3.05, 3.63) is 47.6 Å². The highest BCUT2D eigenvalue weighted by Crippen LogP contribution is 2.48. The van der Waals surface area contributed by atoms with Gasteiger partial charge in [-0.3, -0.25) is 0 Å². The Kier molecular flexibility index (Phi) is 4.29. The number of benzene rings is 1. The highest BCUT2D eigenvalue weighted by Gasteiger charge is 2.50. The normalized spacial score (nSPS) is 27.4. The fourth-order valence-electron chi connectivity index (χ4n) is 4.33. The zero-order valence-corrected chi connectivity index (χ0v) is 15.3. The van der Waals surface area contributed by atoms with E-state index in [1.54, 1.807) is 0 Å². The second-order valence-electron chi connectivity index (χ2n) is 8.43. The van der Waals surface area contributed by atoms with Gasteiger partial charge in [0.2, 0.25) is 5.89 Å². The summed E-state index contributed by atoms with van der Waals surface area (Å²) in [5, 5.41) is 11.5. The molecule has 2 aliphatic carbocycles. The zero-order chi connectivity index (χ0) is 17.4. The SMILES string of the molecule is c1ccc([C@H]2CC2NCC2(c3noc(CC4CCNCC4)n3)CC2)cc1. The van der Waals surface area contributed by atoms with E-state index in [4.69, 9.17) is 9.51 Å². The summed E-state index contributed by atoms with van der Waals surface area (Å²) in [5.74, 6) is 3.14. The maximum atomic E-state index is 5.60. The maximum absolute atomic E-state index is 5.60. The van der Waals surface area contributed by atoms with Crippen LogP contribution in [0.1, 0.15) is 55.3 Å². The molecule has 2 N–H and O–H groups in total. The Bertz CT molecular complexity index is 733. The molecule has 1 aromatic heterocycles. The first-order valence-corrected chi connectivity index (χ1v) is 10.1. The molecule has 5 rings (SSSR count). The quantitative estimate of drug-likeness (QED) is 0.802. The van der Waals surface area contributed by atoms with Gasteiger partial charge in [-0.1, -0.05) is 35.5 Å². The van der Waals surface area contributed by atoms with E-state index in [1.165, 1.54) is 37.7 Å². The minimum absolute atomic E-state index is 0.125. The van der Waals surface area contributed by atoms with Crippen LogP contribution in [0.15, 0.2) is 34.9 Å². The van der Waals surface area contributed by atoms with Gasteiger partial charge in [-0.15, -0.1) is 0 Å². The second-order valence-corrected chi connectivity index (χ2v) is 8.43. The van der Waals surface area contributed by atoms with Crippen molar-refractivity contribution in [2.45, 2.75) is 55.9 Å². The summed E-state index contributed by atoms with van der Waals surface area (Å²) >= 11 is 0. The van der Waals surface area contributed by atoms with Crippen molar-refractivity contribution in [1.29, 1.82) is 0 Å². The van der Waals surface area contributed by atoms with E-state index in [0.29, 0.717) is 17.9 Å². The number of hydrogen-bond acceptors (Lipinski definition) is 5. The largest absolute Gasteiger partial charge is 0.339 e. The summed E-state index contributed by atoms with van der Waals surface area (Å²) in [4.78, 5) is 4.78. The third-order valence-electron chi connectivity index (χ3n) is 6.44. The van der Waals surface area contributed by atoms with E-state index in [2.05, 4.69) is 46.1 Å². The highest BCUT2D eigenvalue weighted by molar-refractivity contribution is 5.28. The van der Waals surface area contributed by atoms with Crippen LogP contribution in [-0.2, 0) is 11.8 Å². The summed E-state index contributed by atoms with van der Waals surface area (Å²) in [7, 11) is 0. The second kappa shape index (κ2) is 6.78. The third kappa shape index (κ3) is 3.42. The van der Waals surface area contributed by atoms with Gasteiger partial charge in [0.15, 0.2) is 5.82 Å². The van der Waals surface area contributed by atoms with Crippen LogP contribution in [-0.4, -0.2) is 35.8 Å². The Balaban J connectivity index is 1.16. The summed E-state index contributed by atoms with van der Waals surface area (Å²) in [6.45, 7) is 3.21. The number of nitrogens with one attached hydrogen (secondary N) is 2. The Morgan fingerprint density at radius 2 is 1.96 bits per heavy atom. The standard InChI is InChI=1S/C21H28N4O/c1-2-4-16(5-3-1)17-13-18(17)23-14-21(8-9-21)20-24-19(26-25-20)12-15-6-10-22-11-7-15/h1-5,15,17-18,22-23H,6-14H2/t17-,18?/m1/s1. The van der Waals surface area contributed by atoms with Gasteiger partial charge in [-0.05, 0) is 56.7 Å². The summed E-state index contributed by atoms with van der Waals surface area (Å²) in [6.07, 6.45) is 6.97. The molecule has 0 amide bonds. The minimum Gasteiger partial charge on any atom is -0.339 e. The van der Waals surface area contributed by atoms with Crippen LogP contribution in [0.25, 0.3) is 0 Å². The molecule has 0 spiro atoms. The van der Waals surface area contributed by atoms with Crippen LogP contribution in [0, 0.1) is 5.92 Å². The van der Waals surface area contributed by atoms with Gasteiger partial charge < -0.3 is 15.2 Å². The van der Waals surface area contributed by atoms with Gasteiger partial charge in [-0.25, -0.2) is 0 Å². The van der Waals surface area contributed by atoms with Crippen LogP contribution in [0.5, 0.6) is 0 Å². The van der Waals surface area contributed by atoms with Crippen molar-refractivity contribution in [3.63, 3.8) is 0 Å². The average molecular weight is 352 g/mol. The predicted molar refractivity (Wildman–Crippen MR) is 100 cm³/mol. The highest BCUT2D eigenvalue weighted by atomic mass is 16.5. The molecule has 1 aliphatic heterocycles. The van der Waals surface area contributed by atoms with Crippen molar-refractivity contribution >= 4 is 0 Å². The Morgan fingerprint density at radius 1 is 1.15 bits per heavy atom. The number of piperidine rings is 1. The van der Waals surface area contributed by atoms with Crippen LogP contribution < -0.4 is 10.6 Å². The molecule has 1 aromatic carbocycles. The molecule has 2 aromatic rings. The van der Waals surface area contributed by atoms with Crippen LogP contribution in [0.4, 0.5) is 0 Å². The van der Waals surface area contributed by atoms with Crippen LogP contribution in [0.3, 0.4) is 0 Å². The third-order valence-corrected chi connectivity index (χ3v) is 6.44. The fraction of sp³-hybridized carbons (Fsp3) is 0.619. The van der Waals surface area contributed by atoms with Crippen molar-refractivity contribution in [3.8, 4) is 0 Å². The monoisotopic (exact) mass is 352 g/mol. The van der Waals surface area contributed by atoms with Gasteiger partial charge in [0.25, 0.3) is 0 Å². The molecule has 3 aliphatic rings. The van der Waals surface area contributed by atoms with Crippen molar-refractivity contribution in [1.82, 2.24) is 20.8 Å². The molecule has 26 heavy (non-hydrogen) atoms. The topological polar surface area (TPSA) is 63.0 Å². The summed E-state index contributed by atoms with van der Waals surface area (Å²) in [6, 6.07) is 11.4. The number of hydrogen-bond donors (Lipinski definition) is 2. The van der Waals surface area contributed by atoms with E-state index in [0.717, 1.165) is 37.8 Å². The summed E-state index contributed by atoms with van der Waals surface area (Å²) < 4.78 is 5.60. The van der Waals surface area contributed by atoms with E-state index in [-0.39, 0.29) is 5.41 Å². The molecule has 2 atom stereocenters. The first kappa shape index (κ1) is 16.5. The Morgan fingerprint density at radius 3 is 2.73 bits per heavy atom. The van der Waals surface area contributed by atoms with Gasteiger partial charge >= 0.3 is 0 Å². The predicted octanol–water partition coefficient (Wildman–Crippen LogP) is 2.79. The minimum atomic E-state index is 0.125. The van der Waals surface area contributed by atoms with Crippen molar-refractivity contribution in [2.75, 3.05) is 19.6 Å². The summed E-state index contributed by atoms with van der Waals surface area (Å²) in [5.41, 5.74) is 1.58. The van der Waals surface area contributed by atoms with E-state index >= 15 is 0 Å². The van der Waals surface area contributed by atoms with Gasteiger partial charge in [0, 0.05) is 30.3 Å². The number of aromatic nitrogens is 2. The average Bonchev–Trinajstić information content (AvgIpc) is 3.60. The molecule has 1 saturated heterocycles. The lowest BCUT2D eigenvalue weighted by Gasteiger charge is -2.20. The lowest BCUT2D eigenvalue weighted by atomic mass is 9.95. The molecule has 2 saturated carbocycles. The first-order chi connectivity index (χ1) is 12.8. The van der Waals surface area contributed by atoms with E-state index < -0.39 is 0 Å². The lowest BCUT2D eigenvalue weighted by molar-refractivity contribution is 0.310. The Hall–Kier alpha value is -1.72. The molecule has 0 radical (unpaired) electrons. The Labute approximate surface area is 154 Å². The van der Waals surface area contributed by atoms with Gasteiger partial charge in [0.1, 0.15) is 0 Å². The zero-order valence-electron chi connectivity index (χ0n) is 15.3. The van der Waals surface area contributed by atoms with Crippen LogP contribution in [0.2, 0.25) is 0 Å². The molecule has 5 heteroatoms. The maximum Gasteiger partial charge on any atom is 0.226 e. The van der Waals surface area contributed by atoms with Gasteiger partial charge in [0.05, 0.1) is 0 Å². The molecule has 0 bridgehead atoms. The van der Waals surface area contributed by atoms with Crippen molar-refractivity contribution < 1.29 is 4.52 Å². The van der Waals surface area contributed by atoms with Crippen LogP contribution >= 0.6 is 0 Å². The number of nitrogens with zero attached hydrogens (tertiary/aromatic N) is 2. The lowest BCUT2D eigenvalue weighted by Crippen LogP contribution is -2.30. The van der Waals surface area contributed by atoms with Crippen molar-refractivity contribution in [2.24, 2.45) is 5.92 Å². The smallest absolute Gasteiger partial charge is 0.226 e. The fourth-order valence-corrected chi connectivity index (χ4v) is 4.33. The van der Waals surface area contributed by atoms with Gasteiger partial charge in [-0.2, -0.15) is 4.98 Å². The van der Waals surface area contributed by atoms with E-state index in [1.807, 2.05) is 0 Å². The molecule has 2 heterocycles. The molecule has 5 nitrogen and oxygen atoms in total. The molecular weight excluding hydrogens is 324 g/mol. The number of rotatable bonds is 7. The molecule has 3 fully saturated rings. The first-order valence-electron chi connectivity index (χ1n) is 10.1. The van der Waals surface area contributed by atoms with E-state index in [9.17, 15) is 0 Å².